The van der Waals surface area contributed by atoms with E-state index in [1.165, 1.54) is 6.07 Å². The molecule has 5 nitrogen and oxygen atoms in total. The Labute approximate surface area is 104 Å². The number of nitrogen functional groups attached to an aromatic ring is 4. The molecule has 2 aromatic rings. The number of benzene rings is 2. The Kier molecular flexibility index (Phi) is 2.81. The van der Waals surface area contributed by atoms with E-state index in [1.807, 2.05) is 6.07 Å². The molecule has 2 rings (SSSR count). The highest BCUT2D eigenvalue weighted by Crippen LogP contribution is 2.33. The van der Waals surface area contributed by atoms with Gasteiger partial charge in [-0.05, 0) is 6.07 Å². The van der Waals surface area contributed by atoms with E-state index < -0.39 is 0 Å². The number of nitrogens with two attached hydrogens (primary N) is 4. The van der Waals surface area contributed by atoms with E-state index in [-0.39, 0.29) is 34.1 Å². The fourth-order valence-corrected chi connectivity index (χ4v) is 1.69. The van der Waals surface area contributed by atoms with Crippen LogP contribution < -0.4 is 22.9 Å². The van der Waals surface area contributed by atoms with E-state index >= 15 is 0 Å². The van der Waals surface area contributed by atoms with Crippen molar-refractivity contribution >= 4 is 28.5 Å². The first-order valence-electron chi connectivity index (χ1n) is 5.35. The SMILES string of the molecule is Nc1cc(C(=O)c2ccccc2)c(N)c(N)c1N. The maximum atomic E-state index is 12.3. The monoisotopic (exact) mass is 242 g/mol. The molecular formula is C13H14N4O. The van der Waals surface area contributed by atoms with Crippen LogP contribution in [0.15, 0.2) is 36.4 Å². The smallest absolute Gasteiger partial charge is 0.195 e. The highest BCUT2D eigenvalue weighted by Gasteiger charge is 2.17. The second kappa shape index (κ2) is 4.29. The molecule has 0 heterocycles. The van der Waals surface area contributed by atoms with Crippen LogP contribution in [0.25, 0.3) is 0 Å². The van der Waals surface area contributed by atoms with Crippen LogP contribution in [0.2, 0.25) is 0 Å². The quantitative estimate of drug-likeness (QED) is 0.466. The Morgan fingerprint density at radius 2 is 1.44 bits per heavy atom. The van der Waals surface area contributed by atoms with Crippen LogP contribution in [0.5, 0.6) is 0 Å². The van der Waals surface area contributed by atoms with E-state index in [0.717, 1.165) is 0 Å². The molecule has 0 fully saturated rings. The van der Waals surface area contributed by atoms with E-state index in [2.05, 4.69) is 0 Å². The van der Waals surface area contributed by atoms with Gasteiger partial charge in [-0.3, -0.25) is 4.79 Å². The zero-order valence-electron chi connectivity index (χ0n) is 9.68. The van der Waals surface area contributed by atoms with Crippen molar-refractivity contribution < 1.29 is 4.79 Å². The third kappa shape index (κ3) is 1.82. The first-order valence-corrected chi connectivity index (χ1v) is 5.35. The summed E-state index contributed by atoms with van der Waals surface area (Å²) in [5.41, 5.74) is 24.4. The van der Waals surface area contributed by atoms with Crippen molar-refractivity contribution in [1.29, 1.82) is 0 Å². The van der Waals surface area contributed by atoms with E-state index in [9.17, 15) is 4.79 Å². The summed E-state index contributed by atoms with van der Waals surface area (Å²) in [5.74, 6) is -0.230. The van der Waals surface area contributed by atoms with Gasteiger partial charge in [0.2, 0.25) is 0 Å². The molecule has 0 aliphatic rings. The lowest BCUT2D eigenvalue weighted by molar-refractivity contribution is 0.103. The second-order valence-electron chi connectivity index (χ2n) is 3.95. The minimum Gasteiger partial charge on any atom is -0.397 e. The zero-order valence-corrected chi connectivity index (χ0v) is 9.68. The van der Waals surface area contributed by atoms with Crippen molar-refractivity contribution in [2.24, 2.45) is 0 Å². The second-order valence-corrected chi connectivity index (χ2v) is 3.95. The Morgan fingerprint density at radius 1 is 0.833 bits per heavy atom. The first-order chi connectivity index (χ1) is 8.52. The summed E-state index contributed by atoms with van der Waals surface area (Å²) in [6.07, 6.45) is 0. The summed E-state index contributed by atoms with van der Waals surface area (Å²) in [4.78, 5) is 12.3. The molecule has 0 bridgehead atoms. The summed E-state index contributed by atoms with van der Waals surface area (Å²) in [6.45, 7) is 0. The lowest BCUT2D eigenvalue weighted by Gasteiger charge is -2.12. The molecule has 0 saturated carbocycles. The van der Waals surface area contributed by atoms with Gasteiger partial charge in [-0.1, -0.05) is 30.3 Å². The molecule has 0 aliphatic heterocycles. The van der Waals surface area contributed by atoms with Gasteiger partial charge in [0.05, 0.1) is 22.7 Å². The van der Waals surface area contributed by atoms with Crippen LogP contribution >= 0.6 is 0 Å². The molecule has 0 radical (unpaired) electrons. The lowest BCUT2D eigenvalue weighted by atomic mass is 9.99. The zero-order chi connectivity index (χ0) is 13.3. The van der Waals surface area contributed by atoms with Crippen LogP contribution in [0, 0.1) is 0 Å². The van der Waals surface area contributed by atoms with Gasteiger partial charge in [0.15, 0.2) is 5.78 Å². The molecule has 5 heteroatoms. The molecular weight excluding hydrogens is 228 g/mol. The largest absolute Gasteiger partial charge is 0.397 e. The third-order valence-corrected chi connectivity index (χ3v) is 2.76. The van der Waals surface area contributed by atoms with Crippen LogP contribution in [-0.4, -0.2) is 5.78 Å². The van der Waals surface area contributed by atoms with Crippen LogP contribution in [0.1, 0.15) is 15.9 Å². The van der Waals surface area contributed by atoms with Gasteiger partial charge in [0.1, 0.15) is 0 Å². The van der Waals surface area contributed by atoms with E-state index in [0.29, 0.717) is 5.56 Å². The van der Waals surface area contributed by atoms with Gasteiger partial charge >= 0.3 is 0 Å². The van der Waals surface area contributed by atoms with Crippen LogP contribution in [0.3, 0.4) is 0 Å². The topological polar surface area (TPSA) is 121 Å². The Bertz CT molecular complexity index is 608. The van der Waals surface area contributed by atoms with Crippen molar-refractivity contribution in [2.75, 3.05) is 22.9 Å². The first kappa shape index (κ1) is 11.8. The molecule has 2 aromatic carbocycles. The molecule has 0 atom stereocenters. The van der Waals surface area contributed by atoms with Gasteiger partial charge < -0.3 is 22.9 Å². The molecule has 0 spiro atoms. The lowest BCUT2D eigenvalue weighted by Crippen LogP contribution is -2.11. The third-order valence-electron chi connectivity index (χ3n) is 2.76. The molecule has 18 heavy (non-hydrogen) atoms. The summed E-state index contributed by atoms with van der Waals surface area (Å²) in [6, 6.07) is 10.2. The summed E-state index contributed by atoms with van der Waals surface area (Å²) in [5, 5.41) is 0. The van der Waals surface area contributed by atoms with Gasteiger partial charge in [0, 0.05) is 11.1 Å². The van der Waals surface area contributed by atoms with E-state index in [1.54, 1.807) is 24.3 Å². The highest BCUT2D eigenvalue weighted by atomic mass is 16.1. The summed E-state index contributed by atoms with van der Waals surface area (Å²) >= 11 is 0. The Hall–Kier alpha value is -2.69. The summed E-state index contributed by atoms with van der Waals surface area (Å²) < 4.78 is 0. The predicted molar refractivity (Wildman–Crippen MR) is 74.0 cm³/mol. The van der Waals surface area contributed by atoms with Crippen molar-refractivity contribution in [3.8, 4) is 0 Å². The molecule has 92 valence electrons. The number of hydrogen-bond acceptors (Lipinski definition) is 5. The van der Waals surface area contributed by atoms with Crippen molar-refractivity contribution in [3.05, 3.63) is 47.5 Å². The molecule has 0 unspecified atom stereocenters. The molecule has 8 N–H and O–H groups in total. The Balaban J connectivity index is 2.56. The van der Waals surface area contributed by atoms with Crippen molar-refractivity contribution in [1.82, 2.24) is 0 Å². The van der Waals surface area contributed by atoms with Gasteiger partial charge in [-0.15, -0.1) is 0 Å². The number of carbonyl (C=O) groups is 1. The van der Waals surface area contributed by atoms with Crippen molar-refractivity contribution in [2.45, 2.75) is 0 Å². The highest BCUT2D eigenvalue weighted by molar-refractivity contribution is 6.15. The standard InChI is InChI=1S/C13H14N4O/c14-9-6-8(10(15)12(17)11(9)16)13(18)7-4-2-1-3-5-7/h1-6H,14-17H2. The average Bonchev–Trinajstić information content (AvgIpc) is 2.41. The van der Waals surface area contributed by atoms with Crippen LogP contribution in [0.4, 0.5) is 22.7 Å². The van der Waals surface area contributed by atoms with E-state index in [4.69, 9.17) is 22.9 Å². The molecule has 0 aliphatic carbocycles. The number of carbonyl (C=O) groups excluding carboxylic acids is 1. The normalized spacial score (nSPS) is 10.2. The number of ketones is 1. The van der Waals surface area contributed by atoms with Gasteiger partial charge in [0.25, 0.3) is 0 Å². The van der Waals surface area contributed by atoms with Gasteiger partial charge in [-0.2, -0.15) is 0 Å². The average molecular weight is 242 g/mol. The minimum atomic E-state index is -0.230. The fourth-order valence-electron chi connectivity index (χ4n) is 1.69. The van der Waals surface area contributed by atoms with Crippen LogP contribution in [-0.2, 0) is 0 Å². The molecule has 0 aromatic heterocycles. The number of hydrogen-bond donors (Lipinski definition) is 4. The number of rotatable bonds is 2. The van der Waals surface area contributed by atoms with Crippen molar-refractivity contribution in [3.63, 3.8) is 0 Å². The summed E-state index contributed by atoms with van der Waals surface area (Å²) in [7, 11) is 0. The number of anilines is 4. The predicted octanol–water partition coefficient (Wildman–Crippen LogP) is 1.25. The molecule has 0 saturated heterocycles. The maximum Gasteiger partial charge on any atom is 0.195 e. The van der Waals surface area contributed by atoms with Gasteiger partial charge in [-0.25, -0.2) is 0 Å². The Morgan fingerprint density at radius 3 is 2.06 bits per heavy atom. The fraction of sp³-hybridized carbons (Fsp3) is 0. The minimum absolute atomic E-state index is 0.147. The maximum absolute atomic E-state index is 12.3. The molecule has 0 amide bonds.